The summed E-state index contributed by atoms with van der Waals surface area (Å²) in [5, 5.41) is 0. The molecule has 0 aromatic heterocycles. The lowest BCUT2D eigenvalue weighted by Crippen LogP contribution is -2.47. The summed E-state index contributed by atoms with van der Waals surface area (Å²) in [5.41, 5.74) is 0.990. The third-order valence-electron chi connectivity index (χ3n) is 3.84. The Morgan fingerprint density at radius 2 is 1.61 bits per heavy atom. The van der Waals surface area contributed by atoms with Crippen molar-refractivity contribution in [3.8, 4) is 0 Å². The molecule has 28 heavy (non-hydrogen) atoms. The molecule has 0 fully saturated rings. The molecule has 1 unspecified atom stereocenters. The lowest BCUT2D eigenvalue weighted by atomic mass is 10.1. The van der Waals surface area contributed by atoms with E-state index in [2.05, 4.69) is 4.72 Å². The predicted octanol–water partition coefficient (Wildman–Crippen LogP) is 3.83. The van der Waals surface area contributed by atoms with Crippen LogP contribution in [0.5, 0.6) is 0 Å². The van der Waals surface area contributed by atoms with Crippen LogP contribution >= 0.6 is 30.8 Å². The number of hydrogen-bond donors (Lipinski definition) is 1. The van der Waals surface area contributed by atoms with Crippen LogP contribution in [0.25, 0.3) is 0 Å². The molecule has 1 aromatic rings. The summed E-state index contributed by atoms with van der Waals surface area (Å²) in [7, 11) is -7.71. The Balaban J connectivity index is 3.11. The first kappa shape index (κ1) is 25.9. The molecule has 0 saturated heterocycles. The van der Waals surface area contributed by atoms with Crippen molar-refractivity contribution in [2.24, 2.45) is 0 Å². The van der Waals surface area contributed by atoms with Gasteiger partial charge in [0.05, 0.1) is 13.2 Å². The maximum absolute atomic E-state index is 13.3. The van der Waals surface area contributed by atoms with Crippen LogP contribution in [-0.2, 0) is 30.2 Å². The first-order valence-corrected chi connectivity index (χ1v) is 13.3. The molecule has 1 aromatic carbocycles. The van der Waals surface area contributed by atoms with Crippen LogP contribution in [-0.4, -0.2) is 56.6 Å². The fourth-order valence-corrected chi connectivity index (χ4v) is 6.99. The highest BCUT2D eigenvalue weighted by Crippen LogP contribution is 2.53. The summed E-state index contributed by atoms with van der Waals surface area (Å²) < 4.78 is 53.5. The lowest BCUT2D eigenvalue weighted by Gasteiger charge is -2.29. The summed E-state index contributed by atoms with van der Waals surface area (Å²) in [6.45, 7) is 3.80. The van der Waals surface area contributed by atoms with Gasteiger partial charge in [-0.3, -0.25) is 4.57 Å². The lowest BCUT2D eigenvalue weighted by molar-refractivity contribution is 0.208. The van der Waals surface area contributed by atoms with E-state index in [9.17, 15) is 13.0 Å². The molecule has 7 nitrogen and oxygen atoms in total. The fourth-order valence-electron chi connectivity index (χ4n) is 2.59. The van der Waals surface area contributed by atoms with E-state index < -0.39 is 23.6 Å². The van der Waals surface area contributed by atoms with Crippen LogP contribution in [0.2, 0.25) is 0 Å². The molecule has 1 atom stereocenters. The van der Waals surface area contributed by atoms with E-state index in [1.165, 1.54) is 0 Å². The molecule has 0 radical (unpaired) electrons. The number of nitrogens with zero attached hydrogens (tertiary/aromatic N) is 1. The average Bonchev–Trinajstić information content (AvgIpc) is 2.66. The standard InChI is InChI=1S/C17H29Cl2N2O5PS/c1-3-25-27(22,26-4-2)17(11-10-16-8-6-5-7-9-16)20-28(23,24)21(14-12-18)15-13-19/h5-9,17,20H,3-4,10-15H2,1-2H3. The highest BCUT2D eigenvalue weighted by atomic mass is 35.5. The molecule has 0 aliphatic carbocycles. The normalized spacial score (nSPS) is 13.8. The van der Waals surface area contributed by atoms with Crippen molar-refractivity contribution >= 4 is 41.0 Å². The second-order valence-corrected chi connectivity index (χ2v) is 10.5. The highest BCUT2D eigenvalue weighted by Gasteiger charge is 2.39. The number of benzene rings is 1. The van der Waals surface area contributed by atoms with Crippen molar-refractivity contribution in [1.29, 1.82) is 0 Å². The third-order valence-corrected chi connectivity index (χ3v) is 8.37. The number of nitrogens with one attached hydrogen (secondary N) is 1. The Kier molecular flexibility index (Phi) is 12.2. The van der Waals surface area contributed by atoms with Crippen molar-refractivity contribution in [3.05, 3.63) is 35.9 Å². The van der Waals surface area contributed by atoms with E-state index in [-0.39, 0.29) is 44.5 Å². The van der Waals surface area contributed by atoms with Gasteiger partial charge in [-0.1, -0.05) is 30.3 Å². The maximum atomic E-state index is 13.3. The zero-order valence-corrected chi connectivity index (χ0v) is 19.4. The van der Waals surface area contributed by atoms with E-state index in [1.807, 2.05) is 30.3 Å². The molecule has 1 N–H and O–H groups in total. The Labute approximate surface area is 178 Å². The first-order chi connectivity index (χ1) is 13.3. The Bertz CT molecular complexity index is 693. The van der Waals surface area contributed by atoms with Crippen LogP contribution in [0.4, 0.5) is 0 Å². The minimum Gasteiger partial charge on any atom is -0.308 e. The number of alkyl halides is 2. The maximum Gasteiger partial charge on any atom is 0.348 e. The quantitative estimate of drug-likeness (QED) is 0.308. The highest BCUT2D eigenvalue weighted by molar-refractivity contribution is 7.87. The summed E-state index contributed by atoms with van der Waals surface area (Å²) in [6, 6.07) is 9.52. The van der Waals surface area contributed by atoms with Gasteiger partial charge in [0.1, 0.15) is 5.78 Å². The molecule has 0 aliphatic heterocycles. The molecule has 1 rings (SSSR count). The monoisotopic (exact) mass is 474 g/mol. The van der Waals surface area contributed by atoms with Gasteiger partial charge in [-0.25, -0.2) is 0 Å². The largest absolute Gasteiger partial charge is 0.348 e. The Morgan fingerprint density at radius 1 is 1.07 bits per heavy atom. The molecular formula is C17H29Cl2N2O5PS. The summed E-state index contributed by atoms with van der Waals surface area (Å²) in [5.74, 6) is -0.812. The van der Waals surface area contributed by atoms with Crippen molar-refractivity contribution in [2.75, 3.05) is 38.1 Å². The van der Waals surface area contributed by atoms with E-state index in [1.54, 1.807) is 13.8 Å². The zero-order chi connectivity index (χ0) is 21.0. The van der Waals surface area contributed by atoms with E-state index in [4.69, 9.17) is 32.2 Å². The minimum absolute atomic E-state index is 0.0859. The number of halogens is 2. The Morgan fingerprint density at radius 3 is 2.07 bits per heavy atom. The van der Waals surface area contributed by atoms with Crippen LogP contribution in [0, 0.1) is 0 Å². The van der Waals surface area contributed by atoms with Crippen LogP contribution in [0.1, 0.15) is 25.8 Å². The van der Waals surface area contributed by atoms with Crippen molar-refractivity contribution in [3.63, 3.8) is 0 Å². The van der Waals surface area contributed by atoms with Crippen molar-refractivity contribution in [1.82, 2.24) is 9.03 Å². The number of aryl methyl sites for hydroxylation is 1. The van der Waals surface area contributed by atoms with Gasteiger partial charge in [0.2, 0.25) is 0 Å². The molecule has 0 bridgehead atoms. The molecule has 0 spiro atoms. The van der Waals surface area contributed by atoms with Crippen LogP contribution < -0.4 is 4.72 Å². The van der Waals surface area contributed by atoms with E-state index in [0.29, 0.717) is 6.42 Å². The van der Waals surface area contributed by atoms with E-state index >= 15 is 0 Å². The van der Waals surface area contributed by atoms with Gasteiger partial charge in [-0.15, -0.1) is 23.2 Å². The minimum atomic E-state index is -3.99. The molecule has 0 saturated carbocycles. The zero-order valence-electron chi connectivity index (χ0n) is 16.2. The van der Waals surface area contributed by atoms with Crippen LogP contribution in [0.3, 0.4) is 0 Å². The van der Waals surface area contributed by atoms with Crippen molar-refractivity contribution < 1.29 is 22.0 Å². The first-order valence-electron chi connectivity index (χ1n) is 9.15. The van der Waals surface area contributed by atoms with Crippen molar-refractivity contribution in [2.45, 2.75) is 32.5 Å². The molecule has 162 valence electrons. The van der Waals surface area contributed by atoms with Gasteiger partial charge in [0, 0.05) is 24.8 Å². The van der Waals surface area contributed by atoms with Gasteiger partial charge in [-0.05, 0) is 32.3 Å². The molecule has 0 amide bonds. The second-order valence-electron chi connectivity index (χ2n) is 5.82. The van der Waals surface area contributed by atoms with Gasteiger partial charge in [0.15, 0.2) is 0 Å². The number of rotatable bonds is 15. The SMILES string of the molecule is CCOP(=O)(OCC)C(CCc1ccccc1)NS(=O)(=O)N(CCCl)CCCl. The van der Waals surface area contributed by atoms with E-state index in [0.717, 1.165) is 9.87 Å². The Hall–Kier alpha value is -0.180. The smallest absolute Gasteiger partial charge is 0.308 e. The summed E-state index contributed by atoms with van der Waals surface area (Å²) >= 11 is 11.4. The summed E-state index contributed by atoms with van der Waals surface area (Å²) in [4.78, 5) is 0. The predicted molar refractivity (Wildman–Crippen MR) is 114 cm³/mol. The van der Waals surface area contributed by atoms with Crippen LogP contribution in [0.15, 0.2) is 30.3 Å². The van der Waals surface area contributed by atoms with Gasteiger partial charge >= 0.3 is 7.60 Å². The molecule has 0 aliphatic rings. The third kappa shape index (κ3) is 8.28. The van der Waals surface area contributed by atoms with Gasteiger partial charge in [-0.2, -0.15) is 17.4 Å². The number of hydrogen-bond acceptors (Lipinski definition) is 5. The molecular weight excluding hydrogens is 446 g/mol. The van der Waals surface area contributed by atoms with Gasteiger partial charge < -0.3 is 9.05 Å². The summed E-state index contributed by atoms with van der Waals surface area (Å²) in [6.07, 6.45) is 0.749. The molecule has 11 heteroatoms. The average molecular weight is 475 g/mol. The second kappa shape index (κ2) is 13.2. The van der Waals surface area contributed by atoms with Gasteiger partial charge in [0.25, 0.3) is 10.2 Å². The molecule has 0 heterocycles. The fraction of sp³-hybridized carbons (Fsp3) is 0.647. The topological polar surface area (TPSA) is 84.9 Å².